The highest BCUT2D eigenvalue weighted by Crippen LogP contribution is 2.19. The highest BCUT2D eigenvalue weighted by molar-refractivity contribution is 5.19. The third kappa shape index (κ3) is 4.32. The van der Waals surface area contributed by atoms with Crippen LogP contribution in [-0.4, -0.2) is 41.4 Å². The molecule has 1 aromatic heterocycles. The summed E-state index contributed by atoms with van der Waals surface area (Å²) >= 11 is 0. The van der Waals surface area contributed by atoms with Gasteiger partial charge in [-0.1, -0.05) is 13.8 Å². The van der Waals surface area contributed by atoms with Gasteiger partial charge in [0, 0.05) is 25.4 Å². The normalized spacial score (nSPS) is 18.1. The van der Waals surface area contributed by atoms with E-state index in [0.717, 1.165) is 19.0 Å². The smallest absolute Gasteiger partial charge is 0.0694 e. The lowest BCUT2D eigenvalue weighted by Crippen LogP contribution is -2.31. The maximum Gasteiger partial charge on any atom is 0.0694 e. The summed E-state index contributed by atoms with van der Waals surface area (Å²) in [5, 5.41) is 8.16. The van der Waals surface area contributed by atoms with E-state index in [0.29, 0.717) is 5.92 Å². The summed E-state index contributed by atoms with van der Waals surface area (Å²) < 4.78 is 1.93. The lowest BCUT2D eigenvalue weighted by atomic mass is 9.94. The number of hydrogen-bond donors (Lipinski definition) is 1. The first kappa shape index (κ1) is 15.5. The minimum Gasteiger partial charge on any atom is -0.313 e. The van der Waals surface area contributed by atoms with Gasteiger partial charge in [0.2, 0.25) is 0 Å². The molecule has 0 aromatic carbocycles. The van der Waals surface area contributed by atoms with Crippen LogP contribution in [0.5, 0.6) is 0 Å². The molecule has 0 amide bonds. The highest BCUT2D eigenvalue weighted by atomic mass is 15.3. The molecule has 0 spiro atoms. The predicted octanol–water partition coefficient (Wildman–Crippen LogP) is 2.37. The Kier molecular flexibility index (Phi) is 5.61. The zero-order valence-corrected chi connectivity index (χ0v) is 13.5. The molecule has 0 atom stereocenters. The van der Waals surface area contributed by atoms with E-state index in [9.17, 15) is 0 Å². The van der Waals surface area contributed by atoms with Crippen LogP contribution in [0.25, 0.3) is 0 Å². The van der Waals surface area contributed by atoms with Gasteiger partial charge < -0.3 is 10.2 Å². The number of rotatable bonds is 6. The first-order valence-electron chi connectivity index (χ1n) is 7.98. The largest absolute Gasteiger partial charge is 0.313 e. The Morgan fingerprint density at radius 2 is 2.00 bits per heavy atom. The summed E-state index contributed by atoms with van der Waals surface area (Å²) in [4.78, 5) is 2.44. The van der Waals surface area contributed by atoms with E-state index in [1.807, 2.05) is 11.7 Å². The minimum absolute atomic E-state index is 0.502. The molecule has 1 fully saturated rings. The second-order valence-corrected chi connectivity index (χ2v) is 6.58. The van der Waals surface area contributed by atoms with Crippen molar-refractivity contribution in [2.75, 3.05) is 26.7 Å². The van der Waals surface area contributed by atoms with Crippen LogP contribution >= 0.6 is 0 Å². The number of aryl methyl sites for hydroxylation is 1. The van der Waals surface area contributed by atoms with Gasteiger partial charge in [-0.2, -0.15) is 5.10 Å². The average molecular weight is 278 g/mol. The molecule has 0 unspecified atom stereocenters. The van der Waals surface area contributed by atoms with Crippen LogP contribution in [0, 0.1) is 5.92 Å². The van der Waals surface area contributed by atoms with Crippen molar-refractivity contribution in [1.82, 2.24) is 20.0 Å². The second kappa shape index (κ2) is 7.23. The van der Waals surface area contributed by atoms with Crippen LogP contribution in [0.2, 0.25) is 0 Å². The summed E-state index contributed by atoms with van der Waals surface area (Å²) in [5.41, 5.74) is 2.59. The summed E-state index contributed by atoms with van der Waals surface area (Å²) in [6.07, 6.45) is 6.19. The first-order chi connectivity index (χ1) is 9.56. The van der Waals surface area contributed by atoms with Gasteiger partial charge in [0.15, 0.2) is 0 Å². The number of hydrogen-bond acceptors (Lipinski definition) is 3. The van der Waals surface area contributed by atoms with E-state index in [1.54, 1.807) is 0 Å². The van der Waals surface area contributed by atoms with Crippen LogP contribution in [0.3, 0.4) is 0 Å². The Labute approximate surface area is 123 Å². The predicted molar refractivity (Wildman–Crippen MR) is 83.8 cm³/mol. The molecule has 1 N–H and O–H groups in total. The van der Waals surface area contributed by atoms with Crippen molar-refractivity contribution >= 4 is 0 Å². The van der Waals surface area contributed by atoms with E-state index in [-0.39, 0.29) is 0 Å². The van der Waals surface area contributed by atoms with Gasteiger partial charge in [-0.25, -0.2) is 0 Å². The van der Waals surface area contributed by atoms with Crippen molar-refractivity contribution < 1.29 is 0 Å². The van der Waals surface area contributed by atoms with Crippen LogP contribution in [0.15, 0.2) is 6.20 Å². The fraction of sp³-hybridized carbons (Fsp3) is 0.812. The number of nitrogens with zero attached hydrogens (tertiary/aromatic N) is 3. The number of likely N-dealkylation sites (tertiary alicyclic amines) is 1. The van der Waals surface area contributed by atoms with Gasteiger partial charge in [-0.3, -0.25) is 4.68 Å². The molecular formula is C16H30N4. The molecule has 114 valence electrons. The number of piperidine rings is 1. The molecule has 2 rings (SSSR count). The highest BCUT2D eigenvalue weighted by Gasteiger charge is 2.16. The molecule has 1 aromatic rings. The van der Waals surface area contributed by atoms with Crippen LogP contribution < -0.4 is 5.32 Å². The summed E-state index contributed by atoms with van der Waals surface area (Å²) in [5.74, 6) is 1.42. The summed E-state index contributed by atoms with van der Waals surface area (Å²) in [6.45, 7) is 9.04. The fourth-order valence-electron chi connectivity index (χ4n) is 3.06. The molecule has 20 heavy (non-hydrogen) atoms. The molecule has 0 saturated carbocycles. The molecule has 4 heteroatoms. The Hall–Kier alpha value is -0.870. The first-order valence-corrected chi connectivity index (χ1v) is 7.98. The molecular weight excluding hydrogens is 248 g/mol. The lowest BCUT2D eigenvalue weighted by molar-refractivity contribution is 0.211. The van der Waals surface area contributed by atoms with Crippen molar-refractivity contribution in [2.24, 2.45) is 13.0 Å². The third-order valence-corrected chi connectivity index (χ3v) is 4.37. The maximum atomic E-state index is 4.56. The van der Waals surface area contributed by atoms with E-state index in [1.165, 1.54) is 43.6 Å². The fourth-order valence-corrected chi connectivity index (χ4v) is 3.06. The maximum absolute atomic E-state index is 4.56. The molecule has 1 aliphatic heterocycles. The third-order valence-electron chi connectivity index (χ3n) is 4.37. The van der Waals surface area contributed by atoms with Crippen molar-refractivity contribution in [3.63, 3.8) is 0 Å². The molecule has 0 radical (unpaired) electrons. The summed E-state index contributed by atoms with van der Waals surface area (Å²) in [6, 6.07) is 0. The Morgan fingerprint density at radius 3 is 2.65 bits per heavy atom. The Balaban J connectivity index is 1.71. The Bertz CT molecular complexity index is 403. The number of aromatic nitrogens is 2. The van der Waals surface area contributed by atoms with Crippen molar-refractivity contribution in [2.45, 2.75) is 45.6 Å². The van der Waals surface area contributed by atoms with Gasteiger partial charge in [0.25, 0.3) is 0 Å². The van der Waals surface area contributed by atoms with E-state index < -0.39 is 0 Å². The zero-order chi connectivity index (χ0) is 14.5. The van der Waals surface area contributed by atoms with Crippen LogP contribution in [0.1, 0.15) is 50.3 Å². The minimum atomic E-state index is 0.502. The standard InChI is InChI=1S/C16H30N4/c1-13(2)16-15(12-20(4)18-16)11-17-8-5-14-6-9-19(3)10-7-14/h12-14,17H,5-11H2,1-4H3. The zero-order valence-electron chi connectivity index (χ0n) is 13.5. The molecule has 1 saturated heterocycles. The van der Waals surface area contributed by atoms with Gasteiger partial charge in [0.1, 0.15) is 0 Å². The average Bonchev–Trinajstić information content (AvgIpc) is 2.78. The van der Waals surface area contributed by atoms with Gasteiger partial charge in [0.05, 0.1) is 5.69 Å². The summed E-state index contributed by atoms with van der Waals surface area (Å²) in [7, 11) is 4.23. The molecule has 2 heterocycles. The van der Waals surface area contributed by atoms with E-state index in [2.05, 4.69) is 42.4 Å². The van der Waals surface area contributed by atoms with Crippen molar-refractivity contribution in [3.05, 3.63) is 17.5 Å². The van der Waals surface area contributed by atoms with Crippen molar-refractivity contribution in [1.29, 1.82) is 0 Å². The van der Waals surface area contributed by atoms with Gasteiger partial charge in [-0.05, 0) is 57.8 Å². The SMILES string of the molecule is CC(C)c1nn(C)cc1CNCCC1CCN(C)CC1. The molecule has 0 bridgehead atoms. The second-order valence-electron chi connectivity index (χ2n) is 6.58. The van der Waals surface area contributed by atoms with Gasteiger partial charge in [-0.15, -0.1) is 0 Å². The van der Waals surface area contributed by atoms with Crippen LogP contribution in [0.4, 0.5) is 0 Å². The van der Waals surface area contributed by atoms with E-state index in [4.69, 9.17) is 0 Å². The number of nitrogens with one attached hydrogen (secondary N) is 1. The van der Waals surface area contributed by atoms with Crippen molar-refractivity contribution in [3.8, 4) is 0 Å². The van der Waals surface area contributed by atoms with E-state index >= 15 is 0 Å². The van der Waals surface area contributed by atoms with Crippen LogP contribution in [-0.2, 0) is 13.6 Å². The topological polar surface area (TPSA) is 33.1 Å². The molecule has 4 nitrogen and oxygen atoms in total. The Morgan fingerprint density at radius 1 is 1.30 bits per heavy atom. The molecule has 1 aliphatic rings. The lowest BCUT2D eigenvalue weighted by Gasteiger charge is -2.28. The monoisotopic (exact) mass is 278 g/mol. The molecule has 0 aliphatic carbocycles. The quantitative estimate of drug-likeness (QED) is 0.811. The van der Waals surface area contributed by atoms with Gasteiger partial charge >= 0.3 is 0 Å².